The molecule has 0 unspecified atom stereocenters. The number of rotatable bonds is 8. The van der Waals surface area contributed by atoms with Gasteiger partial charge in [0.15, 0.2) is 5.96 Å². The van der Waals surface area contributed by atoms with Crippen molar-refractivity contribution in [2.75, 3.05) is 32.7 Å². The molecule has 1 aliphatic heterocycles. The van der Waals surface area contributed by atoms with E-state index in [1.165, 1.54) is 6.42 Å². The van der Waals surface area contributed by atoms with E-state index in [9.17, 15) is 4.79 Å². The van der Waals surface area contributed by atoms with E-state index in [1.807, 2.05) is 11.8 Å². The van der Waals surface area contributed by atoms with Crippen LogP contribution in [0.4, 0.5) is 0 Å². The Morgan fingerprint density at radius 2 is 2.19 bits per heavy atom. The first-order valence-corrected chi connectivity index (χ1v) is 10.3. The molecule has 1 aromatic heterocycles. The molecule has 8 heteroatoms. The van der Waals surface area contributed by atoms with Gasteiger partial charge in [0, 0.05) is 50.9 Å². The number of aliphatic imine (C=N–C) groups is 1. The van der Waals surface area contributed by atoms with Gasteiger partial charge in [-0.05, 0) is 33.1 Å². The molecule has 148 valence electrons. The second kappa shape index (κ2) is 13.3. The molecule has 2 heterocycles. The summed E-state index contributed by atoms with van der Waals surface area (Å²) in [7, 11) is 0. The zero-order valence-electron chi connectivity index (χ0n) is 15.9. The number of nitrogens with zero attached hydrogens (tertiary/aromatic N) is 3. The van der Waals surface area contributed by atoms with Crippen molar-refractivity contribution < 1.29 is 4.79 Å². The molecule has 1 aromatic rings. The van der Waals surface area contributed by atoms with E-state index in [0.29, 0.717) is 12.3 Å². The van der Waals surface area contributed by atoms with Gasteiger partial charge < -0.3 is 15.5 Å². The van der Waals surface area contributed by atoms with Crippen molar-refractivity contribution in [2.45, 2.75) is 52.4 Å². The lowest BCUT2D eigenvalue weighted by molar-refractivity contribution is -0.130. The fourth-order valence-electron chi connectivity index (χ4n) is 2.90. The van der Waals surface area contributed by atoms with Crippen LogP contribution < -0.4 is 10.6 Å². The van der Waals surface area contributed by atoms with E-state index in [1.54, 1.807) is 11.3 Å². The Morgan fingerprint density at radius 3 is 2.92 bits per heavy atom. The highest BCUT2D eigenvalue weighted by molar-refractivity contribution is 14.0. The molecular formula is C18H32IN5OS. The highest BCUT2D eigenvalue weighted by Crippen LogP contribution is 2.11. The van der Waals surface area contributed by atoms with Crippen LogP contribution in [0.2, 0.25) is 0 Å². The number of aromatic nitrogens is 1. The van der Waals surface area contributed by atoms with Gasteiger partial charge in [0.2, 0.25) is 5.91 Å². The van der Waals surface area contributed by atoms with Crippen LogP contribution >= 0.6 is 35.3 Å². The molecule has 6 nitrogen and oxygen atoms in total. The monoisotopic (exact) mass is 493 g/mol. The fourth-order valence-corrected chi connectivity index (χ4v) is 3.55. The molecular weight excluding hydrogens is 461 g/mol. The van der Waals surface area contributed by atoms with Crippen LogP contribution in [0.3, 0.4) is 0 Å². The van der Waals surface area contributed by atoms with Crippen molar-refractivity contribution in [3.05, 3.63) is 16.1 Å². The van der Waals surface area contributed by atoms with Gasteiger partial charge in [-0.15, -0.1) is 35.3 Å². The Balaban J connectivity index is 0.00000338. The van der Waals surface area contributed by atoms with Gasteiger partial charge in [0.05, 0.1) is 10.7 Å². The van der Waals surface area contributed by atoms with Gasteiger partial charge in [-0.3, -0.25) is 9.79 Å². The Labute approximate surface area is 178 Å². The largest absolute Gasteiger partial charge is 0.357 e. The first kappa shape index (κ1) is 23.1. The summed E-state index contributed by atoms with van der Waals surface area (Å²) in [5, 5.41) is 9.85. The predicted octanol–water partition coefficient (Wildman–Crippen LogP) is 2.96. The molecule has 2 rings (SSSR count). The van der Waals surface area contributed by atoms with Crippen LogP contribution in [0.25, 0.3) is 0 Å². The Bertz CT molecular complexity index is 564. The third kappa shape index (κ3) is 8.66. The van der Waals surface area contributed by atoms with Gasteiger partial charge >= 0.3 is 0 Å². The lowest BCUT2D eigenvalue weighted by Gasteiger charge is -2.20. The number of carbonyl (C=O) groups excluding carboxylic acids is 1. The number of aryl methyl sites for hydroxylation is 1. The van der Waals surface area contributed by atoms with Crippen LogP contribution in [0.1, 0.15) is 49.7 Å². The number of likely N-dealkylation sites (tertiary alicyclic amines) is 1. The first-order valence-electron chi connectivity index (χ1n) is 9.40. The summed E-state index contributed by atoms with van der Waals surface area (Å²) in [5.41, 5.74) is 1.13. The van der Waals surface area contributed by atoms with E-state index >= 15 is 0 Å². The summed E-state index contributed by atoms with van der Waals surface area (Å²) < 4.78 is 0. The van der Waals surface area contributed by atoms with Crippen molar-refractivity contribution >= 4 is 47.2 Å². The second-order valence-electron chi connectivity index (χ2n) is 6.34. The standard InChI is InChI=1S/C18H31N5OS.HI/c1-3-19-18(21-11-9-16-14-25-15(2)22-16)20-10-7-13-23-12-6-4-5-8-17(23)24;/h14H,3-13H2,1-2H3,(H2,19,20,21);1H. The number of hydrogen-bond acceptors (Lipinski definition) is 4. The van der Waals surface area contributed by atoms with E-state index < -0.39 is 0 Å². The quantitative estimate of drug-likeness (QED) is 0.253. The van der Waals surface area contributed by atoms with Crippen LogP contribution in [-0.2, 0) is 11.2 Å². The molecule has 0 aliphatic carbocycles. The minimum absolute atomic E-state index is 0. The highest BCUT2D eigenvalue weighted by atomic mass is 127. The van der Waals surface area contributed by atoms with Crippen LogP contribution in [0.5, 0.6) is 0 Å². The van der Waals surface area contributed by atoms with E-state index in [0.717, 1.165) is 75.1 Å². The molecule has 0 atom stereocenters. The van der Waals surface area contributed by atoms with Crippen molar-refractivity contribution in [1.29, 1.82) is 0 Å². The molecule has 0 spiro atoms. The normalized spacial score (nSPS) is 15.4. The summed E-state index contributed by atoms with van der Waals surface area (Å²) in [5.74, 6) is 1.15. The number of carbonyl (C=O) groups is 1. The maximum Gasteiger partial charge on any atom is 0.222 e. The summed E-state index contributed by atoms with van der Waals surface area (Å²) in [6.07, 6.45) is 5.87. The summed E-state index contributed by atoms with van der Waals surface area (Å²) in [6.45, 7) is 8.22. The highest BCUT2D eigenvalue weighted by Gasteiger charge is 2.15. The van der Waals surface area contributed by atoms with Gasteiger partial charge in [-0.1, -0.05) is 6.42 Å². The van der Waals surface area contributed by atoms with Gasteiger partial charge in [-0.25, -0.2) is 4.98 Å². The predicted molar refractivity (Wildman–Crippen MR) is 120 cm³/mol. The van der Waals surface area contributed by atoms with Crippen LogP contribution in [0.15, 0.2) is 10.4 Å². The Morgan fingerprint density at radius 1 is 1.35 bits per heavy atom. The van der Waals surface area contributed by atoms with Crippen LogP contribution in [0, 0.1) is 6.92 Å². The second-order valence-corrected chi connectivity index (χ2v) is 7.40. The number of guanidine groups is 1. The van der Waals surface area contributed by atoms with Gasteiger partial charge in [-0.2, -0.15) is 0 Å². The zero-order valence-corrected chi connectivity index (χ0v) is 19.1. The molecule has 1 saturated heterocycles. The topological polar surface area (TPSA) is 69.6 Å². The number of amides is 1. The lowest BCUT2D eigenvalue weighted by atomic mass is 10.2. The molecule has 1 fully saturated rings. The van der Waals surface area contributed by atoms with E-state index in [2.05, 4.69) is 32.9 Å². The van der Waals surface area contributed by atoms with Crippen molar-refractivity contribution in [3.8, 4) is 0 Å². The first-order chi connectivity index (χ1) is 12.2. The minimum atomic E-state index is 0. The van der Waals surface area contributed by atoms with Gasteiger partial charge in [0.25, 0.3) is 0 Å². The molecule has 0 saturated carbocycles. The van der Waals surface area contributed by atoms with Crippen molar-refractivity contribution in [1.82, 2.24) is 20.5 Å². The number of hydrogen-bond donors (Lipinski definition) is 2. The maximum atomic E-state index is 12.0. The molecule has 26 heavy (non-hydrogen) atoms. The third-order valence-electron chi connectivity index (χ3n) is 4.21. The fraction of sp³-hybridized carbons (Fsp3) is 0.722. The summed E-state index contributed by atoms with van der Waals surface area (Å²) in [6, 6.07) is 0. The minimum Gasteiger partial charge on any atom is -0.357 e. The maximum absolute atomic E-state index is 12.0. The lowest BCUT2D eigenvalue weighted by Crippen LogP contribution is -2.38. The molecule has 0 radical (unpaired) electrons. The molecule has 1 amide bonds. The van der Waals surface area contributed by atoms with E-state index in [-0.39, 0.29) is 24.0 Å². The molecule has 0 bridgehead atoms. The third-order valence-corrected chi connectivity index (χ3v) is 5.03. The summed E-state index contributed by atoms with van der Waals surface area (Å²) in [4.78, 5) is 23.1. The van der Waals surface area contributed by atoms with Crippen molar-refractivity contribution in [2.24, 2.45) is 4.99 Å². The average molecular weight is 493 g/mol. The molecule has 0 aromatic carbocycles. The Kier molecular flexibility index (Phi) is 11.8. The number of thiazole rings is 1. The number of halogens is 1. The summed E-state index contributed by atoms with van der Waals surface area (Å²) >= 11 is 1.69. The van der Waals surface area contributed by atoms with Gasteiger partial charge in [0.1, 0.15) is 0 Å². The Hall–Kier alpha value is -0.900. The molecule has 1 aliphatic rings. The average Bonchev–Trinajstić information content (AvgIpc) is 2.90. The smallest absolute Gasteiger partial charge is 0.222 e. The zero-order chi connectivity index (χ0) is 17.9. The SMILES string of the molecule is CCNC(=NCCCN1CCCCCC1=O)NCCc1csc(C)n1.I. The van der Waals surface area contributed by atoms with Crippen LogP contribution in [-0.4, -0.2) is 54.5 Å². The van der Waals surface area contributed by atoms with E-state index in [4.69, 9.17) is 0 Å². The van der Waals surface area contributed by atoms with Crippen molar-refractivity contribution in [3.63, 3.8) is 0 Å². The molecule has 2 N–H and O–H groups in total. The number of nitrogens with one attached hydrogen (secondary N) is 2.